The molecule has 2 aromatic rings. The highest BCUT2D eigenvalue weighted by molar-refractivity contribution is 5.93. The van der Waals surface area contributed by atoms with E-state index in [0.29, 0.717) is 17.3 Å². The zero-order valence-corrected chi connectivity index (χ0v) is 10.6. The van der Waals surface area contributed by atoms with Crippen molar-refractivity contribution in [2.24, 2.45) is 5.73 Å². The summed E-state index contributed by atoms with van der Waals surface area (Å²) < 4.78 is 5.60. The summed E-state index contributed by atoms with van der Waals surface area (Å²) in [6.45, 7) is 6.00. The molecule has 0 bridgehead atoms. The summed E-state index contributed by atoms with van der Waals surface area (Å²) >= 11 is 0. The molecule has 94 valence electrons. The Morgan fingerprint density at radius 2 is 1.78 bits per heavy atom. The summed E-state index contributed by atoms with van der Waals surface area (Å²) in [6.07, 6.45) is 0. The molecule has 0 unspecified atom stereocenters. The van der Waals surface area contributed by atoms with Gasteiger partial charge in [0.25, 0.3) is 0 Å². The lowest BCUT2D eigenvalue weighted by Crippen LogP contribution is -2.11. The Labute approximate surface area is 105 Å². The third-order valence-electron chi connectivity index (χ3n) is 2.48. The Hall–Kier alpha value is -2.17. The molecule has 0 saturated heterocycles. The lowest BCUT2D eigenvalue weighted by Gasteiger charge is -2.10. The van der Waals surface area contributed by atoms with E-state index in [4.69, 9.17) is 10.2 Å². The first-order valence-electron chi connectivity index (χ1n) is 5.62. The molecule has 5 heteroatoms. The van der Waals surface area contributed by atoms with E-state index in [1.165, 1.54) is 0 Å². The number of hydrogen-bond donors (Lipinski definition) is 1. The highest BCUT2D eigenvalue weighted by Crippen LogP contribution is 2.25. The van der Waals surface area contributed by atoms with E-state index in [1.807, 2.05) is 20.8 Å². The van der Waals surface area contributed by atoms with Gasteiger partial charge in [0.05, 0.1) is 0 Å². The number of primary amides is 1. The second-order valence-corrected chi connectivity index (χ2v) is 5.10. The molecule has 0 atom stereocenters. The molecule has 2 rings (SSSR count). The van der Waals surface area contributed by atoms with Crippen LogP contribution in [0.3, 0.4) is 0 Å². The average Bonchev–Trinajstić information content (AvgIpc) is 2.78. The maximum absolute atomic E-state index is 11.0. The molecule has 1 heterocycles. The van der Waals surface area contributed by atoms with E-state index in [2.05, 4.69) is 10.2 Å². The van der Waals surface area contributed by atoms with Gasteiger partial charge in [0.15, 0.2) is 0 Å². The monoisotopic (exact) mass is 245 g/mol. The Bertz CT molecular complexity index is 565. The van der Waals surface area contributed by atoms with Crippen LogP contribution in [-0.2, 0) is 5.41 Å². The van der Waals surface area contributed by atoms with Gasteiger partial charge >= 0.3 is 0 Å². The van der Waals surface area contributed by atoms with E-state index >= 15 is 0 Å². The van der Waals surface area contributed by atoms with Gasteiger partial charge in [-0.15, -0.1) is 10.2 Å². The van der Waals surface area contributed by atoms with Crippen LogP contribution in [0, 0.1) is 0 Å². The number of carbonyl (C=O) groups is 1. The first kappa shape index (κ1) is 12.3. The zero-order chi connectivity index (χ0) is 13.3. The first-order valence-corrected chi connectivity index (χ1v) is 5.62. The molecule has 1 amide bonds. The predicted molar refractivity (Wildman–Crippen MR) is 67.0 cm³/mol. The van der Waals surface area contributed by atoms with Gasteiger partial charge in [-0.3, -0.25) is 4.79 Å². The van der Waals surface area contributed by atoms with Crippen molar-refractivity contribution in [3.8, 4) is 11.5 Å². The maximum atomic E-state index is 11.0. The molecular formula is C13H15N3O2. The van der Waals surface area contributed by atoms with E-state index in [0.717, 1.165) is 5.56 Å². The molecule has 1 aromatic heterocycles. The fourth-order valence-corrected chi connectivity index (χ4v) is 1.42. The van der Waals surface area contributed by atoms with Gasteiger partial charge in [0.2, 0.25) is 17.7 Å². The number of nitrogens with zero attached hydrogens (tertiary/aromatic N) is 2. The van der Waals surface area contributed by atoms with Gasteiger partial charge < -0.3 is 10.2 Å². The van der Waals surface area contributed by atoms with Crippen LogP contribution < -0.4 is 5.73 Å². The van der Waals surface area contributed by atoms with Crippen LogP contribution >= 0.6 is 0 Å². The van der Waals surface area contributed by atoms with E-state index in [9.17, 15) is 4.79 Å². The fraction of sp³-hybridized carbons (Fsp3) is 0.308. The predicted octanol–water partition coefficient (Wildman–Crippen LogP) is 2.13. The smallest absolute Gasteiger partial charge is 0.248 e. The number of rotatable bonds is 2. The van der Waals surface area contributed by atoms with Crippen LogP contribution in [0.1, 0.15) is 37.0 Å². The van der Waals surface area contributed by atoms with Crippen molar-refractivity contribution in [3.63, 3.8) is 0 Å². The largest absolute Gasteiger partial charge is 0.420 e. The summed E-state index contributed by atoms with van der Waals surface area (Å²) in [5.74, 6) is 0.565. The van der Waals surface area contributed by atoms with Gasteiger partial charge in [-0.05, 0) is 24.3 Å². The minimum absolute atomic E-state index is 0.182. The number of benzene rings is 1. The highest BCUT2D eigenvalue weighted by atomic mass is 16.4. The van der Waals surface area contributed by atoms with Crippen LogP contribution in [0.4, 0.5) is 0 Å². The molecule has 5 nitrogen and oxygen atoms in total. The van der Waals surface area contributed by atoms with Crippen LogP contribution in [0.15, 0.2) is 28.7 Å². The number of nitrogens with two attached hydrogens (primary N) is 1. The van der Waals surface area contributed by atoms with Gasteiger partial charge in [-0.2, -0.15) is 0 Å². The minimum atomic E-state index is -0.456. The first-order chi connectivity index (χ1) is 8.38. The molecule has 18 heavy (non-hydrogen) atoms. The fourth-order valence-electron chi connectivity index (χ4n) is 1.42. The molecule has 1 aromatic carbocycles. The van der Waals surface area contributed by atoms with Crippen molar-refractivity contribution >= 4 is 5.91 Å². The summed E-state index contributed by atoms with van der Waals surface area (Å²) in [6, 6.07) is 6.75. The SMILES string of the molecule is CC(C)(C)c1nnc(-c2ccc(C(N)=O)cc2)o1. The Morgan fingerprint density at radius 3 is 2.22 bits per heavy atom. The van der Waals surface area contributed by atoms with Crippen molar-refractivity contribution in [1.29, 1.82) is 0 Å². The van der Waals surface area contributed by atoms with Crippen molar-refractivity contribution in [3.05, 3.63) is 35.7 Å². The molecule has 0 aliphatic rings. The molecule has 0 fully saturated rings. The molecule has 0 aliphatic carbocycles. The Kier molecular flexibility index (Phi) is 2.90. The molecule has 0 spiro atoms. The summed E-state index contributed by atoms with van der Waals surface area (Å²) in [5, 5.41) is 8.01. The summed E-state index contributed by atoms with van der Waals surface area (Å²) in [4.78, 5) is 11.0. The van der Waals surface area contributed by atoms with Gasteiger partial charge in [-0.25, -0.2) is 0 Å². The van der Waals surface area contributed by atoms with Gasteiger partial charge in [-0.1, -0.05) is 20.8 Å². The molecule has 0 radical (unpaired) electrons. The standard InChI is InChI=1S/C13H15N3O2/c1-13(2,3)12-16-15-11(18-12)9-6-4-8(5-7-9)10(14)17/h4-7H,1-3H3,(H2,14,17). The van der Waals surface area contributed by atoms with Crippen molar-refractivity contribution < 1.29 is 9.21 Å². The number of hydrogen-bond acceptors (Lipinski definition) is 4. The molecule has 2 N–H and O–H groups in total. The topological polar surface area (TPSA) is 82.0 Å². The van der Waals surface area contributed by atoms with E-state index in [1.54, 1.807) is 24.3 Å². The van der Waals surface area contributed by atoms with E-state index in [-0.39, 0.29) is 5.41 Å². The number of aromatic nitrogens is 2. The lowest BCUT2D eigenvalue weighted by atomic mass is 9.97. The Balaban J connectivity index is 2.32. The second-order valence-electron chi connectivity index (χ2n) is 5.10. The molecule has 0 aliphatic heterocycles. The number of carbonyl (C=O) groups excluding carboxylic acids is 1. The minimum Gasteiger partial charge on any atom is -0.420 e. The maximum Gasteiger partial charge on any atom is 0.248 e. The number of amides is 1. The van der Waals surface area contributed by atoms with Crippen LogP contribution in [0.5, 0.6) is 0 Å². The third-order valence-corrected chi connectivity index (χ3v) is 2.48. The van der Waals surface area contributed by atoms with Crippen molar-refractivity contribution in [2.75, 3.05) is 0 Å². The van der Waals surface area contributed by atoms with Crippen molar-refractivity contribution in [2.45, 2.75) is 26.2 Å². The van der Waals surface area contributed by atoms with Gasteiger partial charge in [0.1, 0.15) is 0 Å². The van der Waals surface area contributed by atoms with Gasteiger partial charge in [0, 0.05) is 16.5 Å². The third kappa shape index (κ3) is 2.40. The Morgan fingerprint density at radius 1 is 1.17 bits per heavy atom. The second kappa shape index (κ2) is 4.25. The zero-order valence-electron chi connectivity index (χ0n) is 10.6. The quantitative estimate of drug-likeness (QED) is 0.878. The highest BCUT2D eigenvalue weighted by Gasteiger charge is 2.21. The molecular weight excluding hydrogens is 230 g/mol. The van der Waals surface area contributed by atoms with Crippen LogP contribution in [0.25, 0.3) is 11.5 Å². The normalized spacial score (nSPS) is 11.5. The molecule has 0 saturated carbocycles. The van der Waals surface area contributed by atoms with Crippen LogP contribution in [0.2, 0.25) is 0 Å². The summed E-state index contributed by atoms with van der Waals surface area (Å²) in [5.41, 5.74) is 6.21. The van der Waals surface area contributed by atoms with Crippen LogP contribution in [-0.4, -0.2) is 16.1 Å². The average molecular weight is 245 g/mol. The summed E-state index contributed by atoms with van der Waals surface area (Å²) in [7, 11) is 0. The lowest BCUT2D eigenvalue weighted by molar-refractivity contribution is 0.100. The van der Waals surface area contributed by atoms with Crippen molar-refractivity contribution in [1.82, 2.24) is 10.2 Å². The van der Waals surface area contributed by atoms with E-state index < -0.39 is 5.91 Å².